The number of nitrogens with zero attached hydrogens (tertiary/aromatic N) is 2. The number of ether oxygens (including phenoxy) is 1. The second-order valence-corrected chi connectivity index (χ2v) is 6.69. The first-order valence-electron chi connectivity index (χ1n) is 8.63. The summed E-state index contributed by atoms with van der Waals surface area (Å²) in [7, 11) is 1.47. The number of halogens is 1. The monoisotopic (exact) mass is 394 g/mol. The van der Waals surface area contributed by atoms with Crippen LogP contribution in [0.4, 0.5) is 0 Å². The maximum atomic E-state index is 12.5. The molecule has 1 aromatic carbocycles. The van der Waals surface area contributed by atoms with E-state index in [9.17, 15) is 14.4 Å². The molecule has 0 radical (unpaired) electrons. The minimum Gasteiger partial charge on any atom is -0.481 e. The Morgan fingerprint density at radius 3 is 2.78 bits per heavy atom. The quantitative estimate of drug-likeness (QED) is 0.714. The molecule has 1 heterocycles. The largest absolute Gasteiger partial charge is 0.481 e. The molecule has 1 fully saturated rings. The average Bonchev–Trinajstić information content (AvgIpc) is 2.81. The first-order valence-corrected chi connectivity index (χ1v) is 9.01. The number of methoxy groups -OCH3 is 1. The van der Waals surface area contributed by atoms with Gasteiger partial charge in [-0.1, -0.05) is 23.7 Å². The number of hydrogen-bond donors (Lipinski definition) is 1. The zero-order valence-corrected chi connectivity index (χ0v) is 15.9. The molecule has 1 saturated heterocycles. The van der Waals surface area contributed by atoms with Gasteiger partial charge in [0, 0.05) is 44.3 Å². The van der Waals surface area contributed by atoms with Crippen molar-refractivity contribution in [1.29, 1.82) is 0 Å². The third-order valence-corrected chi connectivity index (χ3v) is 4.55. The molecular formula is C19H23ClN2O5. The highest BCUT2D eigenvalue weighted by Gasteiger charge is 2.29. The molecule has 2 rings (SSSR count). The molecule has 2 amide bonds. The maximum absolute atomic E-state index is 12.5. The maximum Gasteiger partial charge on any atom is 0.305 e. The fourth-order valence-electron chi connectivity index (χ4n) is 2.98. The molecule has 1 aliphatic heterocycles. The van der Waals surface area contributed by atoms with Crippen molar-refractivity contribution in [3.05, 3.63) is 40.9 Å². The van der Waals surface area contributed by atoms with E-state index in [4.69, 9.17) is 21.4 Å². The Balaban J connectivity index is 2.02. The molecule has 146 valence electrons. The number of carboxylic acids is 1. The predicted octanol–water partition coefficient (Wildman–Crippen LogP) is 1.90. The van der Waals surface area contributed by atoms with Gasteiger partial charge in [0.25, 0.3) is 0 Å². The van der Waals surface area contributed by atoms with Crippen LogP contribution < -0.4 is 0 Å². The molecule has 1 unspecified atom stereocenters. The summed E-state index contributed by atoms with van der Waals surface area (Å²) in [6.45, 7) is 1.04. The van der Waals surface area contributed by atoms with Crippen LogP contribution in [0, 0.1) is 0 Å². The Labute approximate surface area is 163 Å². The van der Waals surface area contributed by atoms with Gasteiger partial charge in [0.05, 0.1) is 19.1 Å². The molecule has 0 bridgehead atoms. The first-order chi connectivity index (χ1) is 12.9. The Hall–Kier alpha value is -2.38. The van der Waals surface area contributed by atoms with Gasteiger partial charge < -0.3 is 19.6 Å². The summed E-state index contributed by atoms with van der Waals surface area (Å²) in [4.78, 5) is 39.0. The topological polar surface area (TPSA) is 87.2 Å². The number of carbonyl (C=O) groups is 3. The Morgan fingerprint density at radius 1 is 1.33 bits per heavy atom. The van der Waals surface area contributed by atoms with Crippen molar-refractivity contribution in [2.45, 2.75) is 18.9 Å². The fraction of sp³-hybridized carbons (Fsp3) is 0.421. The van der Waals surface area contributed by atoms with Crippen LogP contribution in [0.3, 0.4) is 0 Å². The summed E-state index contributed by atoms with van der Waals surface area (Å²) in [5.41, 5.74) is 0.810. The van der Waals surface area contributed by atoms with E-state index in [1.807, 2.05) is 6.07 Å². The summed E-state index contributed by atoms with van der Waals surface area (Å²) in [5, 5.41) is 9.65. The van der Waals surface area contributed by atoms with Crippen LogP contribution in [0.15, 0.2) is 30.3 Å². The lowest BCUT2D eigenvalue weighted by Gasteiger charge is -2.29. The molecule has 27 heavy (non-hydrogen) atoms. The van der Waals surface area contributed by atoms with Crippen molar-refractivity contribution in [2.75, 3.05) is 33.4 Å². The molecule has 0 aromatic heterocycles. The lowest BCUT2D eigenvalue weighted by Crippen LogP contribution is -2.45. The SMILES string of the molecule is COCC(CC(=O)O)N1CCN(C(=O)C=Cc2cccc(Cl)c2)CCC1=O. The number of aliphatic carboxylic acids is 1. The van der Waals surface area contributed by atoms with Crippen LogP contribution in [-0.2, 0) is 19.1 Å². The molecular weight excluding hydrogens is 372 g/mol. The predicted molar refractivity (Wildman–Crippen MR) is 101 cm³/mol. The van der Waals surface area contributed by atoms with Crippen LogP contribution in [-0.4, -0.2) is 72.1 Å². The molecule has 1 aromatic rings. The zero-order chi connectivity index (χ0) is 19.8. The van der Waals surface area contributed by atoms with E-state index in [0.717, 1.165) is 5.56 Å². The number of carboxylic acid groups (broad SMARTS) is 1. The van der Waals surface area contributed by atoms with Gasteiger partial charge in [0.2, 0.25) is 11.8 Å². The van der Waals surface area contributed by atoms with Gasteiger partial charge >= 0.3 is 5.97 Å². The Morgan fingerprint density at radius 2 is 2.11 bits per heavy atom. The number of rotatable bonds is 7. The minimum absolute atomic E-state index is 0.140. The van der Waals surface area contributed by atoms with Gasteiger partial charge in [-0.2, -0.15) is 0 Å². The first kappa shape index (κ1) is 20.9. The van der Waals surface area contributed by atoms with Crippen LogP contribution >= 0.6 is 11.6 Å². The van der Waals surface area contributed by atoms with E-state index in [-0.39, 0.29) is 37.8 Å². The lowest BCUT2D eigenvalue weighted by molar-refractivity contribution is -0.141. The standard InChI is InChI=1S/C19H23ClN2O5/c1-27-13-16(12-19(25)26)22-10-9-21(8-7-18(22)24)17(23)6-5-14-3-2-4-15(20)11-14/h2-6,11,16H,7-10,12-13H2,1H3,(H,25,26). The number of hydrogen-bond acceptors (Lipinski definition) is 4. The molecule has 0 saturated carbocycles. The van der Waals surface area contributed by atoms with Crippen molar-refractivity contribution in [3.63, 3.8) is 0 Å². The number of carbonyl (C=O) groups excluding carboxylic acids is 2. The van der Waals surface area contributed by atoms with Crippen molar-refractivity contribution in [1.82, 2.24) is 9.80 Å². The highest BCUT2D eigenvalue weighted by molar-refractivity contribution is 6.30. The summed E-state index contributed by atoms with van der Waals surface area (Å²) < 4.78 is 5.06. The van der Waals surface area contributed by atoms with Gasteiger partial charge in [-0.05, 0) is 23.8 Å². The highest BCUT2D eigenvalue weighted by Crippen LogP contribution is 2.14. The van der Waals surface area contributed by atoms with E-state index >= 15 is 0 Å². The average molecular weight is 395 g/mol. The molecule has 1 N–H and O–H groups in total. The normalized spacial score (nSPS) is 16.4. The van der Waals surface area contributed by atoms with Gasteiger partial charge in [-0.3, -0.25) is 14.4 Å². The fourth-order valence-corrected chi connectivity index (χ4v) is 3.18. The minimum atomic E-state index is -0.994. The lowest BCUT2D eigenvalue weighted by atomic mass is 10.1. The smallest absolute Gasteiger partial charge is 0.305 e. The number of benzene rings is 1. The molecule has 0 spiro atoms. The van der Waals surface area contributed by atoms with Crippen LogP contribution in [0.1, 0.15) is 18.4 Å². The van der Waals surface area contributed by atoms with Crippen LogP contribution in [0.25, 0.3) is 6.08 Å². The molecule has 7 nitrogen and oxygen atoms in total. The van der Waals surface area contributed by atoms with Gasteiger partial charge in [-0.25, -0.2) is 0 Å². The van der Waals surface area contributed by atoms with Gasteiger partial charge in [-0.15, -0.1) is 0 Å². The molecule has 0 aliphatic carbocycles. The third kappa shape index (κ3) is 6.37. The third-order valence-electron chi connectivity index (χ3n) is 4.32. The van der Waals surface area contributed by atoms with E-state index in [1.165, 1.54) is 18.1 Å². The zero-order valence-electron chi connectivity index (χ0n) is 15.1. The van der Waals surface area contributed by atoms with Crippen molar-refractivity contribution in [2.24, 2.45) is 0 Å². The summed E-state index contributed by atoms with van der Waals surface area (Å²) >= 11 is 5.93. The van der Waals surface area contributed by atoms with E-state index in [2.05, 4.69) is 0 Å². The van der Waals surface area contributed by atoms with Crippen LogP contribution in [0.2, 0.25) is 5.02 Å². The van der Waals surface area contributed by atoms with E-state index in [0.29, 0.717) is 18.1 Å². The Bertz CT molecular complexity index is 722. The summed E-state index contributed by atoms with van der Waals surface area (Å²) in [6, 6.07) is 6.60. The summed E-state index contributed by atoms with van der Waals surface area (Å²) in [6.07, 6.45) is 3.09. The molecule has 1 atom stereocenters. The van der Waals surface area contributed by atoms with Crippen molar-refractivity contribution < 1.29 is 24.2 Å². The molecule has 8 heteroatoms. The second kappa shape index (κ2) is 10.1. The van der Waals surface area contributed by atoms with E-state index < -0.39 is 12.0 Å². The van der Waals surface area contributed by atoms with Gasteiger partial charge in [0.15, 0.2) is 0 Å². The van der Waals surface area contributed by atoms with Gasteiger partial charge in [0.1, 0.15) is 0 Å². The highest BCUT2D eigenvalue weighted by atomic mass is 35.5. The summed E-state index contributed by atoms with van der Waals surface area (Å²) in [5.74, 6) is -1.37. The van der Waals surface area contributed by atoms with Crippen molar-refractivity contribution >= 4 is 35.5 Å². The Kier molecular flexibility index (Phi) is 7.82. The number of amides is 2. The second-order valence-electron chi connectivity index (χ2n) is 6.26. The van der Waals surface area contributed by atoms with E-state index in [1.54, 1.807) is 29.2 Å². The molecule has 1 aliphatic rings. The van der Waals surface area contributed by atoms with Crippen molar-refractivity contribution in [3.8, 4) is 0 Å². The van der Waals surface area contributed by atoms with Crippen LogP contribution in [0.5, 0.6) is 0 Å².